The number of amides is 1. The summed E-state index contributed by atoms with van der Waals surface area (Å²) in [6.45, 7) is 3.32. The highest BCUT2D eigenvalue weighted by Gasteiger charge is 2.16. The molecule has 1 N–H and O–H groups in total. The highest BCUT2D eigenvalue weighted by molar-refractivity contribution is 7.71. The maximum Gasteiger partial charge on any atom is 0.242 e. The van der Waals surface area contributed by atoms with Crippen LogP contribution in [-0.4, -0.2) is 42.4 Å². The fourth-order valence-corrected chi connectivity index (χ4v) is 3.55. The van der Waals surface area contributed by atoms with Crippen molar-refractivity contribution in [2.24, 2.45) is 0 Å². The smallest absolute Gasteiger partial charge is 0.242 e. The third-order valence-electron chi connectivity index (χ3n) is 5.08. The maximum absolute atomic E-state index is 12.9. The lowest BCUT2D eigenvalue weighted by Gasteiger charge is -2.17. The third kappa shape index (κ3) is 4.97. The highest BCUT2D eigenvalue weighted by atomic mass is 32.1. The number of aromatic amines is 1. The van der Waals surface area contributed by atoms with Crippen molar-refractivity contribution in [1.82, 2.24) is 29.4 Å². The van der Waals surface area contributed by atoms with E-state index in [0.29, 0.717) is 23.7 Å². The summed E-state index contributed by atoms with van der Waals surface area (Å²) in [4.78, 5) is 14.6. The van der Waals surface area contributed by atoms with Gasteiger partial charge in [-0.15, -0.1) is 0 Å². The second-order valence-corrected chi connectivity index (χ2v) is 7.97. The summed E-state index contributed by atoms with van der Waals surface area (Å²) in [7, 11) is 1.78. The molecule has 2 aromatic heterocycles. The molecule has 0 aliphatic heterocycles. The van der Waals surface area contributed by atoms with Crippen LogP contribution in [0, 0.1) is 11.7 Å². The number of aromatic nitrogens is 5. The van der Waals surface area contributed by atoms with Crippen LogP contribution < -0.4 is 0 Å². The molecule has 1 amide bonds. The van der Waals surface area contributed by atoms with Crippen molar-refractivity contribution in [2.45, 2.75) is 26.6 Å². The molecule has 0 bridgehead atoms. The Balaban J connectivity index is 1.42. The van der Waals surface area contributed by atoms with E-state index >= 15 is 0 Å². The number of likely N-dealkylation sites (N-methyl/N-ethyl adjacent to an activating group) is 1. The predicted molar refractivity (Wildman–Crippen MR) is 122 cm³/mol. The topological polar surface area (TPSA) is 71.7 Å². The van der Waals surface area contributed by atoms with Gasteiger partial charge in [-0.05, 0) is 24.7 Å². The molecule has 0 saturated heterocycles. The number of hydrogen-bond donors (Lipinski definition) is 1. The van der Waals surface area contributed by atoms with Crippen molar-refractivity contribution in [2.75, 3.05) is 7.05 Å². The summed E-state index contributed by atoms with van der Waals surface area (Å²) < 4.78 is 4.04. The molecule has 8 heteroatoms. The number of benzene rings is 2. The molecular weight excluding hydrogens is 408 g/mol. The van der Waals surface area contributed by atoms with Crippen LogP contribution in [0.3, 0.4) is 0 Å². The van der Waals surface area contributed by atoms with Crippen LogP contribution in [-0.2, 0) is 24.4 Å². The van der Waals surface area contributed by atoms with Gasteiger partial charge < -0.3 is 4.90 Å². The summed E-state index contributed by atoms with van der Waals surface area (Å²) in [6.07, 6.45) is 3.77. The molecule has 7 nitrogen and oxygen atoms in total. The van der Waals surface area contributed by atoms with Gasteiger partial charge in [0.1, 0.15) is 6.54 Å². The minimum Gasteiger partial charge on any atom is -0.340 e. The second kappa shape index (κ2) is 9.09. The van der Waals surface area contributed by atoms with Crippen LogP contribution in [0.5, 0.6) is 0 Å². The van der Waals surface area contributed by atoms with Crippen LogP contribution in [0.15, 0.2) is 67.0 Å². The Kier molecular flexibility index (Phi) is 6.08. The number of nitrogens with one attached hydrogen (secondary N) is 1. The zero-order valence-corrected chi connectivity index (χ0v) is 18.3. The number of H-pyrrole nitrogens is 1. The van der Waals surface area contributed by atoms with Crippen molar-refractivity contribution < 1.29 is 4.79 Å². The first kappa shape index (κ1) is 20.7. The summed E-state index contributed by atoms with van der Waals surface area (Å²) in [5.74, 6) is 0.601. The zero-order chi connectivity index (χ0) is 21.8. The van der Waals surface area contributed by atoms with Gasteiger partial charge in [0, 0.05) is 30.9 Å². The minimum atomic E-state index is -0.0540. The van der Waals surface area contributed by atoms with E-state index in [-0.39, 0.29) is 12.5 Å². The van der Waals surface area contributed by atoms with Crippen molar-refractivity contribution >= 4 is 18.1 Å². The van der Waals surface area contributed by atoms with E-state index < -0.39 is 0 Å². The van der Waals surface area contributed by atoms with E-state index in [1.54, 1.807) is 22.7 Å². The van der Waals surface area contributed by atoms with Gasteiger partial charge >= 0.3 is 0 Å². The lowest BCUT2D eigenvalue weighted by molar-refractivity contribution is -0.131. The molecule has 0 spiro atoms. The molecule has 0 aliphatic carbocycles. The molecule has 4 aromatic rings. The van der Waals surface area contributed by atoms with Crippen LogP contribution >= 0.6 is 12.2 Å². The maximum atomic E-state index is 12.9. The van der Waals surface area contributed by atoms with Crippen LogP contribution in [0.1, 0.15) is 16.7 Å². The summed E-state index contributed by atoms with van der Waals surface area (Å²) in [5, 5.41) is 11.5. The Morgan fingerprint density at radius 2 is 1.84 bits per heavy atom. The number of carbonyl (C=O) groups excluding carboxylic acids is 1. The Morgan fingerprint density at radius 1 is 1.10 bits per heavy atom. The SMILES string of the molecule is Cc1ccc(-c2n[nH]c(=S)n2CC(=O)N(C)Cc2cnn(Cc3ccccc3)c2)cc1. The number of hydrogen-bond acceptors (Lipinski definition) is 4. The van der Waals surface area contributed by atoms with Crippen molar-refractivity contribution in [1.29, 1.82) is 0 Å². The monoisotopic (exact) mass is 432 g/mol. The fraction of sp³-hybridized carbons (Fsp3) is 0.217. The predicted octanol–water partition coefficient (Wildman–Crippen LogP) is 3.82. The standard InChI is InChI=1S/C23H24N6OS/c1-17-8-10-20(11-9-17)22-25-26-23(31)29(22)16-21(30)27(2)13-19-12-24-28(15-19)14-18-6-4-3-5-7-18/h3-12,15H,13-14,16H2,1-2H3,(H,26,31). The number of aryl methyl sites for hydroxylation is 1. The van der Waals surface area contributed by atoms with Gasteiger partial charge in [0.15, 0.2) is 10.6 Å². The molecule has 0 fully saturated rings. The highest BCUT2D eigenvalue weighted by Crippen LogP contribution is 2.18. The zero-order valence-electron chi connectivity index (χ0n) is 17.5. The molecule has 0 saturated carbocycles. The van der Waals surface area contributed by atoms with Gasteiger partial charge in [0.25, 0.3) is 0 Å². The Morgan fingerprint density at radius 3 is 2.58 bits per heavy atom. The first-order valence-electron chi connectivity index (χ1n) is 10.0. The van der Waals surface area contributed by atoms with E-state index in [9.17, 15) is 4.79 Å². The van der Waals surface area contributed by atoms with E-state index in [4.69, 9.17) is 12.2 Å². The Labute approximate surface area is 186 Å². The quantitative estimate of drug-likeness (QED) is 0.451. The molecule has 4 rings (SSSR count). The first-order chi connectivity index (χ1) is 15.0. The van der Waals surface area contributed by atoms with Gasteiger partial charge in [-0.1, -0.05) is 60.2 Å². The number of carbonyl (C=O) groups is 1. The molecule has 31 heavy (non-hydrogen) atoms. The average Bonchev–Trinajstić information content (AvgIpc) is 3.36. The Hall–Kier alpha value is -3.52. The van der Waals surface area contributed by atoms with E-state index in [2.05, 4.69) is 27.4 Å². The van der Waals surface area contributed by atoms with Crippen molar-refractivity contribution in [3.05, 3.63) is 88.5 Å². The number of rotatable bonds is 7. The molecule has 0 atom stereocenters. The second-order valence-electron chi connectivity index (χ2n) is 7.59. The fourth-order valence-electron chi connectivity index (χ4n) is 3.35. The molecule has 158 valence electrons. The van der Waals surface area contributed by atoms with E-state index in [0.717, 1.165) is 16.7 Å². The van der Waals surface area contributed by atoms with Gasteiger partial charge in [-0.25, -0.2) is 0 Å². The van der Waals surface area contributed by atoms with Crippen LogP contribution in [0.4, 0.5) is 0 Å². The lowest BCUT2D eigenvalue weighted by Crippen LogP contribution is -2.30. The summed E-state index contributed by atoms with van der Waals surface area (Å²) >= 11 is 5.36. The molecule has 2 heterocycles. The van der Waals surface area contributed by atoms with Crippen LogP contribution in [0.2, 0.25) is 0 Å². The Bertz CT molecular complexity index is 1220. The lowest BCUT2D eigenvalue weighted by atomic mass is 10.1. The molecule has 0 radical (unpaired) electrons. The summed E-state index contributed by atoms with van der Waals surface area (Å²) in [6, 6.07) is 18.1. The largest absolute Gasteiger partial charge is 0.340 e. The molecular formula is C23H24N6OS. The summed E-state index contributed by atoms with van der Waals surface area (Å²) in [5.41, 5.74) is 4.23. The molecule has 2 aromatic carbocycles. The molecule has 0 aliphatic rings. The normalized spacial score (nSPS) is 10.9. The van der Waals surface area contributed by atoms with E-state index in [1.165, 1.54) is 5.56 Å². The van der Waals surface area contributed by atoms with Gasteiger partial charge in [-0.2, -0.15) is 10.2 Å². The van der Waals surface area contributed by atoms with Gasteiger partial charge in [-0.3, -0.25) is 19.1 Å². The minimum absolute atomic E-state index is 0.0540. The van der Waals surface area contributed by atoms with Gasteiger partial charge in [0.05, 0.1) is 12.7 Å². The number of nitrogens with zero attached hydrogens (tertiary/aromatic N) is 5. The van der Waals surface area contributed by atoms with Crippen molar-refractivity contribution in [3.8, 4) is 11.4 Å². The van der Waals surface area contributed by atoms with Crippen LogP contribution in [0.25, 0.3) is 11.4 Å². The average molecular weight is 433 g/mol. The van der Waals surface area contributed by atoms with Crippen molar-refractivity contribution in [3.63, 3.8) is 0 Å². The van der Waals surface area contributed by atoms with Gasteiger partial charge in [0.2, 0.25) is 5.91 Å². The van der Waals surface area contributed by atoms with E-state index in [1.807, 2.05) is 60.3 Å². The first-order valence-corrected chi connectivity index (χ1v) is 10.4. The molecule has 0 unspecified atom stereocenters. The third-order valence-corrected chi connectivity index (χ3v) is 5.39.